The number of hydrogen-bond donors (Lipinski definition) is 1. The van der Waals surface area contributed by atoms with Crippen molar-refractivity contribution < 1.29 is 13.2 Å². The fourth-order valence-electron chi connectivity index (χ4n) is 1.40. The van der Waals surface area contributed by atoms with E-state index in [9.17, 15) is 13.2 Å². The Labute approximate surface area is 89.3 Å². The Hall–Kier alpha value is -1.98. The molecule has 0 atom stereocenters. The van der Waals surface area contributed by atoms with Crippen molar-refractivity contribution in [3.63, 3.8) is 0 Å². The summed E-state index contributed by atoms with van der Waals surface area (Å²) >= 11 is 0. The topological polar surface area (TPSA) is 43.8 Å². The van der Waals surface area contributed by atoms with Gasteiger partial charge in [-0.1, -0.05) is 6.07 Å². The number of nitrogen functional groups attached to an aromatic ring is 1. The Morgan fingerprint density at radius 1 is 1.31 bits per heavy atom. The van der Waals surface area contributed by atoms with E-state index in [0.29, 0.717) is 0 Å². The maximum atomic E-state index is 12.9. The van der Waals surface area contributed by atoms with Crippen LogP contribution in [0.5, 0.6) is 0 Å². The molecule has 1 heterocycles. The molecule has 0 bridgehead atoms. The zero-order valence-corrected chi connectivity index (χ0v) is 8.07. The van der Waals surface area contributed by atoms with E-state index in [1.165, 1.54) is 18.2 Å². The van der Waals surface area contributed by atoms with E-state index in [1.54, 1.807) is 0 Å². The molecular weight excluding hydrogens is 219 g/mol. The molecule has 2 rings (SSSR count). The third-order valence-corrected chi connectivity index (χ3v) is 2.10. The number of halogens is 3. The third kappa shape index (κ3) is 1.73. The molecule has 6 heteroatoms. The molecule has 16 heavy (non-hydrogen) atoms. The smallest absolute Gasteiger partial charge is 0.282 e. The van der Waals surface area contributed by atoms with E-state index in [1.807, 2.05) is 0 Å². The first kappa shape index (κ1) is 10.5. The highest BCUT2D eigenvalue weighted by Gasteiger charge is 2.19. The predicted octanol–water partition coefficient (Wildman–Crippen LogP) is 2.53. The summed E-state index contributed by atoms with van der Waals surface area (Å²) in [6.45, 7) is 0. The van der Waals surface area contributed by atoms with Gasteiger partial charge in [-0.3, -0.25) is 0 Å². The zero-order valence-electron chi connectivity index (χ0n) is 8.07. The average Bonchev–Trinajstić information content (AvgIpc) is 2.60. The summed E-state index contributed by atoms with van der Waals surface area (Å²) in [7, 11) is 0. The summed E-state index contributed by atoms with van der Waals surface area (Å²) < 4.78 is 39.2. The van der Waals surface area contributed by atoms with Crippen LogP contribution in [0.15, 0.2) is 30.5 Å². The number of benzene rings is 1. The summed E-state index contributed by atoms with van der Waals surface area (Å²) in [4.78, 5) is 0. The first-order valence-electron chi connectivity index (χ1n) is 4.47. The van der Waals surface area contributed by atoms with Crippen molar-refractivity contribution in [1.82, 2.24) is 9.78 Å². The molecule has 0 radical (unpaired) electrons. The summed E-state index contributed by atoms with van der Waals surface area (Å²) in [6, 6.07) is 5.22. The van der Waals surface area contributed by atoms with Crippen LogP contribution in [-0.4, -0.2) is 9.78 Å². The quantitative estimate of drug-likeness (QED) is 0.856. The summed E-state index contributed by atoms with van der Waals surface area (Å²) in [5.41, 5.74) is 5.04. The Bertz CT molecular complexity index is 508. The Kier molecular flexibility index (Phi) is 2.55. The van der Waals surface area contributed by atoms with Crippen LogP contribution in [0.3, 0.4) is 0 Å². The van der Waals surface area contributed by atoms with Gasteiger partial charge in [0.2, 0.25) is 0 Å². The van der Waals surface area contributed by atoms with E-state index in [-0.39, 0.29) is 11.4 Å². The molecule has 0 aliphatic heterocycles. The number of nitrogens with zero attached hydrogens (tertiary/aromatic N) is 2. The summed E-state index contributed by atoms with van der Waals surface area (Å²) in [5.74, 6) is -0.521. The molecular formula is C10H8F3N3. The molecule has 3 nitrogen and oxygen atoms in total. The lowest BCUT2D eigenvalue weighted by Crippen LogP contribution is -2.04. The molecule has 0 fully saturated rings. The fourth-order valence-corrected chi connectivity index (χ4v) is 1.40. The van der Waals surface area contributed by atoms with Crippen LogP contribution >= 0.6 is 0 Å². The van der Waals surface area contributed by atoms with Gasteiger partial charge in [-0.05, 0) is 18.2 Å². The van der Waals surface area contributed by atoms with Gasteiger partial charge in [-0.2, -0.15) is 5.10 Å². The molecule has 2 N–H and O–H groups in total. The minimum atomic E-state index is -2.76. The number of nitrogens with two attached hydrogens (primary N) is 1. The Morgan fingerprint density at radius 3 is 2.69 bits per heavy atom. The maximum absolute atomic E-state index is 12.9. The molecule has 0 amide bonds. The Morgan fingerprint density at radius 2 is 2.06 bits per heavy atom. The van der Waals surface area contributed by atoms with Gasteiger partial charge in [0, 0.05) is 0 Å². The lowest BCUT2D eigenvalue weighted by atomic mass is 10.3. The molecule has 2 aromatic rings. The van der Waals surface area contributed by atoms with Crippen LogP contribution in [0.4, 0.5) is 18.9 Å². The highest BCUT2D eigenvalue weighted by molar-refractivity contribution is 5.46. The normalized spacial score (nSPS) is 11.0. The van der Waals surface area contributed by atoms with Gasteiger partial charge in [-0.15, -0.1) is 0 Å². The second kappa shape index (κ2) is 3.88. The average molecular weight is 227 g/mol. The highest BCUT2D eigenvalue weighted by Crippen LogP contribution is 2.27. The molecule has 0 saturated carbocycles. The van der Waals surface area contributed by atoms with Gasteiger partial charge >= 0.3 is 0 Å². The molecule has 0 aliphatic carbocycles. The molecule has 1 aromatic carbocycles. The van der Waals surface area contributed by atoms with Gasteiger partial charge in [0.05, 0.1) is 17.6 Å². The number of rotatable bonds is 2. The van der Waals surface area contributed by atoms with Gasteiger partial charge in [-0.25, -0.2) is 17.9 Å². The van der Waals surface area contributed by atoms with Crippen molar-refractivity contribution in [1.29, 1.82) is 0 Å². The van der Waals surface area contributed by atoms with Crippen LogP contribution < -0.4 is 5.73 Å². The first-order valence-corrected chi connectivity index (χ1v) is 4.47. The molecule has 84 valence electrons. The maximum Gasteiger partial charge on any atom is 0.282 e. The van der Waals surface area contributed by atoms with Crippen molar-refractivity contribution in [2.24, 2.45) is 0 Å². The largest absolute Gasteiger partial charge is 0.396 e. The third-order valence-electron chi connectivity index (χ3n) is 2.10. The van der Waals surface area contributed by atoms with Gasteiger partial charge < -0.3 is 5.73 Å². The van der Waals surface area contributed by atoms with Crippen molar-refractivity contribution in [3.8, 4) is 5.69 Å². The van der Waals surface area contributed by atoms with Crippen molar-refractivity contribution in [2.75, 3.05) is 5.73 Å². The van der Waals surface area contributed by atoms with Crippen molar-refractivity contribution in [3.05, 3.63) is 42.0 Å². The second-order valence-electron chi connectivity index (χ2n) is 3.18. The minimum Gasteiger partial charge on any atom is -0.396 e. The zero-order chi connectivity index (χ0) is 11.7. The van der Waals surface area contributed by atoms with Gasteiger partial charge in [0.1, 0.15) is 11.5 Å². The van der Waals surface area contributed by atoms with E-state index in [0.717, 1.165) is 16.9 Å². The van der Waals surface area contributed by atoms with Crippen LogP contribution in [0.2, 0.25) is 0 Å². The van der Waals surface area contributed by atoms with Crippen molar-refractivity contribution in [2.45, 2.75) is 6.43 Å². The van der Waals surface area contributed by atoms with E-state index >= 15 is 0 Å². The molecule has 0 spiro atoms. The van der Waals surface area contributed by atoms with Gasteiger partial charge in [0.15, 0.2) is 0 Å². The number of hydrogen-bond acceptors (Lipinski definition) is 2. The van der Waals surface area contributed by atoms with Crippen LogP contribution in [0.1, 0.15) is 12.1 Å². The molecule has 0 aliphatic rings. The van der Waals surface area contributed by atoms with E-state index in [4.69, 9.17) is 5.73 Å². The number of aromatic nitrogens is 2. The van der Waals surface area contributed by atoms with Crippen molar-refractivity contribution >= 4 is 5.69 Å². The van der Waals surface area contributed by atoms with Gasteiger partial charge in [0.25, 0.3) is 6.43 Å². The monoisotopic (exact) mass is 227 g/mol. The first-order chi connectivity index (χ1) is 7.59. The molecule has 1 aromatic heterocycles. The number of anilines is 1. The summed E-state index contributed by atoms with van der Waals surface area (Å²) in [6.07, 6.45) is -1.64. The van der Waals surface area contributed by atoms with Crippen LogP contribution in [0.25, 0.3) is 5.69 Å². The second-order valence-corrected chi connectivity index (χ2v) is 3.18. The lowest BCUT2D eigenvalue weighted by Gasteiger charge is -2.07. The molecule has 0 saturated heterocycles. The van der Waals surface area contributed by atoms with E-state index in [2.05, 4.69) is 5.10 Å². The number of alkyl halides is 2. The van der Waals surface area contributed by atoms with Crippen LogP contribution in [0, 0.1) is 5.82 Å². The minimum absolute atomic E-state index is 0.112. The fraction of sp³-hybridized carbons (Fsp3) is 0.100. The Balaban J connectivity index is 2.56. The highest BCUT2D eigenvalue weighted by atomic mass is 19.3. The molecule has 0 unspecified atom stereocenters. The summed E-state index contributed by atoms with van der Waals surface area (Å²) in [5, 5.41) is 3.69. The van der Waals surface area contributed by atoms with Crippen LogP contribution in [-0.2, 0) is 0 Å². The van der Waals surface area contributed by atoms with E-state index < -0.39 is 17.9 Å². The predicted molar refractivity (Wildman–Crippen MR) is 52.9 cm³/mol. The lowest BCUT2D eigenvalue weighted by molar-refractivity contribution is 0.143. The standard InChI is InChI=1S/C10H8F3N3/c11-6-2-1-3-7(4-6)16-9(10(12)13)8(14)5-15-16/h1-5,10H,14H2. The SMILES string of the molecule is Nc1cnn(-c2cccc(F)c2)c1C(F)F.